The van der Waals surface area contributed by atoms with Crippen molar-refractivity contribution in [1.29, 1.82) is 0 Å². The Morgan fingerprint density at radius 2 is 2.10 bits per heavy atom. The lowest BCUT2D eigenvalue weighted by atomic mass is 9.90. The van der Waals surface area contributed by atoms with E-state index in [-0.39, 0.29) is 5.97 Å². The van der Waals surface area contributed by atoms with Gasteiger partial charge < -0.3 is 15.0 Å². The minimum Gasteiger partial charge on any atom is -0.468 e. The number of likely N-dealkylation sites (tertiary alicyclic amines) is 1. The molecule has 1 aliphatic carbocycles. The third kappa shape index (κ3) is 3.76. The number of esters is 1. The number of hydrogen-bond acceptors (Lipinski definition) is 5. The van der Waals surface area contributed by atoms with E-state index < -0.39 is 5.54 Å². The Hall–Kier alpha value is -0.650. The fourth-order valence-electron chi connectivity index (χ4n) is 3.66. The molecule has 0 aromatic rings. The van der Waals surface area contributed by atoms with Crippen molar-refractivity contribution in [3.63, 3.8) is 0 Å². The van der Waals surface area contributed by atoms with Gasteiger partial charge in [-0.15, -0.1) is 0 Å². The number of rotatable bonds is 7. The molecule has 1 heterocycles. The SMILES string of the molecule is CCNC(CN1CCCC(N(C)C)C1)(C(=O)OC)C1CC1. The molecule has 2 unspecified atom stereocenters. The standard InChI is InChI=1S/C16H31N3O2/c1-5-17-16(13-8-9-13,15(20)21-4)12-19-10-6-7-14(11-19)18(2)3/h13-14,17H,5-12H2,1-4H3. The van der Waals surface area contributed by atoms with Crippen LogP contribution < -0.4 is 5.32 Å². The highest BCUT2D eigenvalue weighted by Gasteiger charge is 2.52. The zero-order valence-electron chi connectivity index (χ0n) is 14.0. The molecule has 0 spiro atoms. The summed E-state index contributed by atoms with van der Waals surface area (Å²) in [7, 11) is 5.80. The topological polar surface area (TPSA) is 44.8 Å². The zero-order chi connectivity index (χ0) is 15.5. The summed E-state index contributed by atoms with van der Waals surface area (Å²) in [5, 5.41) is 3.47. The second-order valence-corrected chi connectivity index (χ2v) is 6.76. The molecule has 0 bridgehead atoms. The molecule has 0 aromatic carbocycles. The van der Waals surface area contributed by atoms with Gasteiger partial charge in [-0.25, -0.2) is 4.79 Å². The van der Waals surface area contributed by atoms with E-state index in [1.807, 2.05) is 0 Å². The lowest BCUT2D eigenvalue weighted by molar-refractivity contribution is -0.151. The number of nitrogens with zero attached hydrogens (tertiary/aromatic N) is 2. The number of likely N-dealkylation sites (N-methyl/N-ethyl adjacent to an activating group) is 2. The molecule has 2 aliphatic rings. The second-order valence-electron chi connectivity index (χ2n) is 6.76. The first-order valence-corrected chi connectivity index (χ1v) is 8.25. The van der Waals surface area contributed by atoms with Crippen LogP contribution in [0, 0.1) is 5.92 Å². The van der Waals surface area contributed by atoms with Gasteiger partial charge in [0.1, 0.15) is 5.54 Å². The maximum Gasteiger partial charge on any atom is 0.327 e. The van der Waals surface area contributed by atoms with E-state index in [1.165, 1.54) is 20.0 Å². The number of piperidine rings is 1. The van der Waals surface area contributed by atoms with Crippen LogP contribution in [0.25, 0.3) is 0 Å². The van der Waals surface area contributed by atoms with Gasteiger partial charge in [-0.3, -0.25) is 4.90 Å². The molecule has 1 aliphatic heterocycles. The minimum atomic E-state index is -0.502. The van der Waals surface area contributed by atoms with Crippen molar-refractivity contribution in [2.24, 2.45) is 5.92 Å². The quantitative estimate of drug-likeness (QED) is 0.709. The van der Waals surface area contributed by atoms with Crippen LogP contribution in [0.15, 0.2) is 0 Å². The van der Waals surface area contributed by atoms with Crippen molar-refractivity contribution in [2.45, 2.75) is 44.2 Å². The molecular formula is C16H31N3O2. The van der Waals surface area contributed by atoms with Gasteiger partial charge in [0.2, 0.25) is 0 Å². The van der Waals surface area contributed by atoms with Gasteiger partial charge in [0.15, 0.2) is 0 Å². The van der Waals surface area contributed by atoms with Gasteiger partial charge in [0.05, 0.1) is 7.11 Å². The fourth-order valence-corrected chi connectivity index (χ4v) is 3.66. The summed E-state index contributed by atoms with van der Waals surface area (Å²) in [6.45, 7) is 5.78. The smallest absolute Gasteiger partial charge is 0.327 e. The summed E-state index contributed by atoms with van der Waals surface area (Å²) >= 11 is 0. The molecule has 1 N–H and O–H groups in total. The van der Waals surface area contributed by atoms with E-state index in [9.17, 15) is 4.79 Å². The monoisotopic (exact) mass is 297 g/mol. The second kappa shape index (κ2) is 7.07. The largest absolute Gasteiger partial charge is 0.468 e. The average molecular weight is 297 g/mol. The fraction of sp³-hybridized carbons (Fsp3) is 0.938. The van der Waals surface area contributed by atoms with Crippen LogP contribution >= 0.6 is 0 Å². The van der Waals surface area contributed by atoms with Crippen LogP contribution in [0.5, 0.6) is 0 Å². The molecule has 1 saturated carbocycles. The Labute approximate surface area is 129 Å². The molecule has 21 heavy (non-hydrogen) atoms. The van der Waals surface area contributed by atoms with Crippen LogP contribution in [-0.4, -0.2) is 74.7 Å². The highest BCUT2D eigenvalue weighted by Crippen LogP contribution is 2.41. The Kier molecular flexibility index (Phi) is 5.63. The maximum absolute atomic E-state index is 12.5. The van der Waals surface area contributed by atoms with Crippen molar-refractivity contribution in [3.8, 4) is 0 Å². The predicted molar refractivity (Wildman–Crippen MR) is 84.3 cm³/mol. The molecule has 5 nitrogen and oxygen atoms in total. The summed E-state index contributed by atoms with van der Waals surface area (Å²) in [5.74, 6) is 0.350. The molecule has 0 radical (unpaired) electrons. The van der Waals surface area contributed by atoms with Crippen LogP contribution in [0.3, 0.4) is 0 Å². The molecular weight excluding hydrogens is 266 g/mol. The zero-order valence-corrected chi connectivity index (χ0v) is 14.0. The first-order valence-electron chi connectivity index (χ1n) is 8.25. The van der Waals surface area contributed by atoms with E-state index in [2.05, 4.69) is 36.1 Å². The number of nitrogens with one attached hydrogen (secondary N) is 1. The van der Waals surface area contributed by atoms with Crippen LogP contribution in [0.2, 0.25) is 0 Å². The molecule has 122 valence electrons. The number of carbonyl (C=O) groups excluding carboxylic acids is 1. The first kappa shape index (κ1) is 16.7. The summed E-state index contributed by atoms with van der Waals surface area (Å²) in [5.41, 5.74) is -0.502. The Morgan fingerprint density at radius 3 is 2.62 bits per heavy atom. The molecule has 2 atom stereocenters. The molecule has 2 rings (SSSR count). The Morgan fingerprint density at radius 1 is 1.38 bits per heavy atom. The molecule has 2 fully saturated rings. The van der Waals surface area contributed by atoms with E-state index in [0.29, 0.717) is 12.0 Å². The van der Waals surface area contributed by atoms with Crippen LogP contribution in [0.4, 0.5) is 0 Å². The third-order valence-corrected chi connectivity index (χ3v) is 5.00. The highest BCUT2D eigenvalue weighted by molar-refractivity contribution is 5.82. The Bertz CT molecular complexity index is 357. The maximum atomic E-state index is 12.5. The van der Waals surface area contributed by atoms with Crippen LogP contribution in [0.1, 0.15) is 32.6 Å². The summed E-state index contributed by atoms with van der Waals surface area (Å²) in [6.07, 6.45) is 4.72. The molecule has 0 amide bonds. The average Bonchev–Trinajstić information content (AvgIpc) is 3.31. The first-order chi connectivity index (χ1) is 10.0. The number of ether oxygens (including phenoxy) is 1. The van der Waals surface area contributed by atoms with Crippen molar-refractivity contribution in [1.82, 2.24) is 15.1 Å². The van der Waals surface area contributed by atoms with E-state index in [4.69, 9.17) is 4.74 Å². The highest BCUT2D eigenvalue weighted by atomic mass is 16.5. The van der Waals surface area contributed by atoms with Crippen molar-refractivity contribution >= 4 is 5.97 Å². The summed E-state index contributed by atoms with van der Waals surface area (Å²) in [6, 6.07) is 0.593. The van der Waals surface area contributed by atoms with E-state index in [0.717, 1.165) is 39.0 Å². The van der Waals surface area contributed by atoms with Crippen molar-refractivity contribution in [3.05, 3.63) is 0 Å². The third-order valence-electron chi connectivity index (χ3n) is 5.00. The van der Waals surface area contributed by atoms with Crippen molar-refractivity contribution < 1.29 is 9.53 Å². The number of carbonyl (C=O) groups is 1. The van der Waals surface area contributed by atoms with Gasteiger partial charge in [-0.2, -0.15) is 0 Å². The van der Waals surface area contributed by atoms with E-state index >= 15 is 0 Å². The predicted octanol–water partition coefficient (Wildman–Crippen LogP) is 0.944. The van der Waals surface area contributed by atoms with Gasteiger partial charge in [-0.05, 0) is 58.8 Å². The lowest BCUT2D eigenvalue weighted by Crippen LogP contribution is -2.62. The Balaban J connectivity index is 2.08. The molecule has 1 saturated heterocycles. The normalized spacial score (nSPS) is 26.6. The minimum absolute atomic E-state index is 0.0844. The molecule has 5 heteroatoms. The van der Waals surface area contributed by atoms with Gasteiger partial charge in [0, 0.05) is 19.1 Å². The van der Waals surface area contributed by atoms with Gasteiger partial charge in [0.25, 0.3) is 0 Å². The molecule has 0 aromatic heterocycles. The van der Waals surface area contributed by atoms with Gasteiger partial charge >= 0.3 is 5.97 Å². The summed E-state index contributed by atoms with van der Waals surface area (Å²) in [4.78, 5) is 17.2. The number of methoxy groups -OCH3 is 1. The lowest BCUT2D eigenvalue weighted by Gasteiger charge is -2.42. The van der Waals surface area contributed by atoms with Gasteiger partial charge in [-0.1, -0.05) is 6.92 Å². The van der Waals surface area contributed by atoms with Crippen molar-refractivity contribution in [2.75, 3.05) is 47.4 Å². The van der Waals surface area contributed by atoms with E-state index in [1.54, 1.807) is 0 Å². The van der Waals surface area contributed by atoms with Crippen LogP contribution in [-0.2, 0) is 9.53 Å². The number of hydrogen-bond donors (Lipinski definition) is 1. The summed E-state index contributed by atoms with van der Waals surface area (Å²) < 4.78 is 5.15.